The van der Waals surface area contributed by atoms with E-state index in [1.807, 2.05) is 26.0 Å². The lowest BCUT2D eigenvalue weighted by Crippen LogP contribution is -2.34. The molecule has 0 fully saturated rings. The van der Waals surface area contributed by atoms with Crippen LogP contribution in [0.15, 0.2) is 48.5 Å². The van der Waals surface area contributed by atoms with Gasteiger partial charge in [0.1, 0.15) is 5.75 Å². The summed E-state index contributed by atoms with van der Waals surface area (Å²) in [4.78, 5) is 12.4. The van der Waals surface area contributed by atoms with E-state index >= 15 is 0 Å². The molecule has 0 aromatic heterocycles. The highest BCUT2D eigenvalue weighted by atomic mass is 32.1. The molecule has 0 saturated heterocycles. The van der Waals surface area contributed by atoms with Crippen molar-refractivity contribution in [3.63, 3.8) is 0 Å². The Balaban J connectivity index is 2.01. The van der Waals surface area contributed by atoms with Crippen LogP contribution in [0.4, 0.5) is 5.69 Å². The number of benzene rings is 2. The van der Waals surface area contributed by atoms with Crippen LogP contribution >= 0.6 is 12.2 Å². The quantitative estimate of drug-likeness (QED) is 0.802. The minimum absolute atomic E-state index is 0.174. The monoisotopic (exact) mass is 353 g/mol. The van der Waals surface area contributed by atoms with E-state index in [4.69, 9.17) is 22.2 Å². The van der Waals surface area contributed by atoms with E-state index in [2.05, 4.69) is 10.6 Å². The van der Waals surface area contributed by atoms with Crippen LogP contribution in [0.2, 0.25) is 0 Å². The molecule has 2 N–H and O–H groups in total. The number of para-hydroxylation sites is 1. The van der Waals surface area contributed by atoms with Gasteiger partial charge in [-0.05, 0) is 54.5 Å². The van der Waals surface area contributed by atoms with E-state index in [1.165, 1.54) is 0 Å². The molecule has 5 nitrogen and oxygen atoms in total. The number of nitrogens with zero attached hydrogens (tertiary/aromatic N) is 1. The number of nitriles is 1. The molecule has 6 heteroatoms. The van der Waals surface area contributed by atoms with Crippen molar-refractivity contribution < 1.29 is 9.53 Å². The van der Waals surface area contributed by atoms with E-state index in [-0.39, 0.29) is 11.0 Å². The summed E-state index contributed by atoms with van der Waals surface area (Å²) >= 11 is 5.17. The first-order valence-electron chi connectivity index (χ1n) is 7.84. The molecular formula is C19H19N3O2S. The van der Waals surface area contributed by atoms with E-state index in [0.717, 1.165) is 0 Å². The van der Waals surface area contributed by atoms with Crippen molar-refractivity contribution in [3.8, 4) is 11.8 Å². The molecule has 2 rings (SSSR count). The molecule has 0 saturated carbocycles. The summed E-state index contributed by atoms with van der Waals surface area (Å²) in [5, 5.41) is 14.5. The van der Waals surface area contributed by atoms with Crippen molar-refractivity contribution in [2.24, 2.45) is 5.92 Å². The fourth-order valence-electron chi connectivity index (χ4n) is 2.00. The predicted octanol–water partition coefficient (Wildman–Crippen LogP) is 3.72. The lowest BCUT2D eigenvalue weighted by molar-refractivity contribution is 0.0973. The summed E-state index contributed by atoms with van der Waals surface area (Å²) in [6, 6.07) is 15.9. The Hall–Kier alpha value is -2.91. The molecule has 0 atom stereocenters. The lowest BCUT2D eigenvalue weighted by atomic mass is 10.2. The number of nitrogens with one attached hydrogen (secondary N) is 2. The predicted molar refractivity (Wildman–Crippen MR) is 102 cm³/mol. The van der Waals surface area contributed by atoms with Gasteiger partial charge >= 0.3 is 0 Å². The molecule has 0 unspecified atom stereocenters. The Morgan fingerprint density at radius 3 is 2.52 bits per heavy atom. The van der Waals surface area contributed by atoms with Crippen molar-refractivity contribution in [1.82, 2.24) is 5.32 Å². The molecule has 0 bridgehead atoms. The Morgan fingerprint density at radius 1 is 1.20 bits per heavy atom. The number of hydrogen-bond donors (Lipinski definition) is 2. The number of hydrogen-bond acceptors (Lipinski definition) is 4. The summed E-state index contributed by atoms with van der Waals surface area (Å²) in [5.41, 5.74) is 1.66. The van der Waals surface area contributed by atoms with Gasteiger partial charge in [-0.25, -0.2) is 0 Å². The van der Waals surface area contributed by atoms with Crippen molar-refractivity contribution in [2.75, 3.05) is 11.9 Å². The van der Waals surface area contributed by atoms with E-state index < -0.39 is 0 Å². The number of rotatable bonds is 5. The average Bonchev–Trinajstić information content (AvgIpc) is 2.60. The van der Waals surface area contributed by atoms with E-state index in [9.17, 15) is 4.79 Å². The van der Waals surface area contributed by atoms with Gasteiger partial charge in [-0.1, -0.05) is 26.0 Å². The third-order valence-electron chi connectivity index (χ3n) is 3.20. The molecule has 128 valence electrons. The second-order valence-electron chi connectivity index (χ2n) is 5.80. The minimum Gasteiger partial charge on any atom is -0.492 e. The molecule has 2 aromatic rings. The highest BCUT2D eigenvalue weighted by molar-refractivity contribution is 7.80. The second-order valence-corrected chi connectivity index (χ2v) is 6.21. The SMILES string of the molecule is CC(C)COc1ccccc1C(=O)NC(=S)Nc1ccc(C#N)cc1. The van der Waals surface area contributed by atoms with Gasteiger partial charge in [-0.15, -0.1) is 0 Å². The fourth-order valence-corrected chi connectivity index (χ4v) is 2.21. The van der Waals surface area contributed by atoms with Gasteiger partial charge in [-0.2, -0.15) is 5.26 Å². The van der Waals surface area contributed by atoms with Gasteiger partial charge in [0, 0.05) is 5.69 Å². The number of ether oxygens (including phenoxy) is 1. The second kappa shape index (κ2) is 8.81. The maximum atomic E-state index is 12.4. The molecule has 0 aliphatic carbocycles. The average molecular weight is 353 g/mol. The zero-order chi connectivity index (χ0) is 18.2. The molecule has 0 aliphatic rings. The summed E-state index contributed by atoms with van der Waals surface area (Å²) in [6.07, 6.45) is 0. The lowest BCUT2D eigenvalue weighted by Gasteiger charge is -2.14. The number of anilines is 1. The van der Waals surface area contributed by atoms with Crippen LogP contribution in [0.5, 0.6) is 5.75 Å². The Morgan fingerprint density at radius 2 is 1.88 bits per heavy atom. The topological polar surface area (TPSA) is 74.2 Å². The normalized spacial score (nSPS) is 10.0. The number of carbonyl (C=O) groups is 1. The maximum Gasteiger partial charge on any atom is 0.261 e. The van der Waals surface area contributed by atoms with Gasteiger partial charge < -0.3 is 10.1 Å². The first-order valence-corrected chi connectivity index (χ1v) is 8.24. The van der Waals surface area contributed by atoms with Gasteiger partial charge in [0.05, 0.1) is 23.8 Å². The molecule has 2 aromatic carbocycles. The Bertz CT molecular complexity index is 795. The van der Waals surface area contributed by atoms with Crippen molar-refractivity contribution in [1.29, 1.82) is 5.26 Å². The zero-order valence-corrected chi connectivity index (χ0v) is 14.9. The molecule has 25 heavy (non-hydrogen) atoms. The Kier molecular flexibility index (Phi) is 6.49. The van der Waals surface area contributed by atoms with E-state index in [0.29, 0.717) is 35.1 Å². The highest BCUT2D eigenvalue weighted by Gasteiger charge is 2.14. The first-order chi connectivity index (χ1) is 12.0. The third kappa shape index (κ3) is 5.59. The van der Waals surface area contributed by atoms with Gasteiger partial charge in [-0.3, -0.25) is 10.1 Å². The summed E-state index contributed by atoms with van der Waals surface area (Å²) in [7, 11) is 0. The largest absolute Gasteiger partial charge is 0.492 e. The molecule has 0 heterocycles. The van der Waals surface area contributed by atoms with E-state index in [1.54, 1.807) is 42.5 Å². The minimum atomic E-state index is -0.342. The van der Waals surface area contributed by atoms with Crippen LogP contribution in [-0.2, 0) is 0 Å². The number of thiocarbonyl (C=S) groups is 1. The van der Waals surface area contributed by atoms with Crippen molar-refractivity contribution in [2.45, 2.75) is 13.8 Å². The van der Waals surface area contributed by atoms with Gasteiger partial charge in [0.15, 0.2) is 5.11 Å². The van der Waals surface area contributed by atoms with Crippen molar-refractivity contribution in [3.05, 3.63) is 59.7 Å². The van der Waals surface area contributed by atoms with Crippen LogP contribution < -0.4 is 15.4 Å². The van der Waals surface area contributed by atoms with Crippen LogP contribution in [0.3, 0.4) is 0 Å². The van der Waals surface area contributed by atoms with Gasteiger partial charge in [0.2, 0.25) is 0 Å². The van der Waals surface area contributed by atoms with Gasteiger partial charge in [0.25, 0.3) is 5.91 Å². The van der Waals surface area contributed by atoms with Crippen LogP contribution in [0.25, 0.3) is 0 Å². The zero-order valence-electron chi connectivity index (χ0n) is 14.1. The molecule has 1 amide bonds. The smallest absolute Gasteiger partial charge is 0.261 e. The summed E-state index contributed by atoms with van der Waals surface area (Å²) in [6.45, 7) is 4.61. The first kappa shape index (κ1) is 18.4. The maximum absolute atomic E-state index is 12.4. The summed E-state index contributed by atoms with van der Waals surface area (Å²) in [5.74, 6) is 0.538. The standard InChI is InChI=1S/C19H19N3O2S/c1-13(2)12-24-17-6-4-3-5-16(17)18(23)22-19(25)21-15-9-7-14(11-20)8-10-15/h3-10,13H,12H2,1-2H3,(H2,21,22,23,25). The van der Waals surface area contributed by atoms with Crippen molar-refractivity contribution >= 4 is 28.9 Å². The number of amides is 1. The molecular weight excluding hydrogens is 334 g/mol. The number of carbonyl (C=O) groups excluding carboxylic acids is 1. The molecule has 0 radical (unpaired) electrons. The highest BCUT2D eigenvalue weighted by Crippen LogP contribution is 2.18. The van der Waals surface area contributed by atoms with Crippen LogP contribution in [0.1, 0.15) is 29.8 Å². The molecule has 0 aliphatic heterocycles. The fraction of sp³-hybridized carbons (Fsp3) is 0.211. The van der Waals surface area contributed by atoms with Crippen LogP contribution in [-0.4, -0.2) is 17.6 Å². The summed E-state index contributed by atoms with van der Waals surface area (Å²) < 4.78 is 5.69. The van der Waals surface area contributed by atoms with Crippen LogP contribution in [0, 0.1) is 17.2 Å². The third-order valence-corrected chi connectivity index (χ3v) is 3.41. The molecule has 0 spiro atoms. The Labute approximate surface area is 152 Å².